The number of benzene rings is 2. The van der Waals surface area contributed by atoms with Crippen LogP contribution in [0.15, 0.2) is 103 Å². The third-order valence-corrected chi connectivity index (χ3v) is 5.76. The minimum atomic E-state index is -0.836. The number of nitrogens with one attached hydrogen (secondary N) is 1. The zero-order valence-electron chi connectivity index (χ0n) is 18.1. The van der Waals surface area contributed by atoms with E-state index in [4.69, 9.17) is 10.5 Å². The van der Waals surface area contributed by atoms with Crippen molar-refractivity contribution in [2.24, 2.45) is 5.73 Å². The lowest BCUT2D eigenvalue weighted by molar-refractivity contribution is -0.114. The lowest BCUT2D eigenvalue weighted by Crippen LogP contribution is -2.37. The molecule has 0 saturated carbocycles. The smallest absolute Gasteiger partial charge is 0.244 e. The van der Waals surface area contributed by atoms with Crippen molar-refractivity contribution in [1.29, 1.82) is 0 Å². The Hall–Kier alpha value is -4.52. The molecule has 6 nitrogen and oxygen atoms in total. The number of pyridine rings is 2. The van der Waals surface area contributed by atoms with E-state index in [1.165, 1.54) is 12.1 Å². The number of nitrogens with two attached hydrogens (primary N) is 1. The number of ether oxygens (including phenoxy) is 1. The molecule has 7 heteroatoms. The number of anilines is 1. The summed E-state index contributed by atoms with van der Waals surface area (Å²) in [6.07, 6.45) is 10.8. The zero-order chi connectivity index (χ0) is 23.5. The molecular weight excluding hydrogens is 431 g/mol. The molecule has 2 heterocycles. The summed E-state index contributed by atoms with van der Waals surface area (Å²) < 4.78 is 20.1. The molecule has 1 amide bonds. The molecule has 4 aromatic rings. The summed E-state index contributed by atoms with van der Waals surface area (Å²) >= 11 is 0. The van der Waals surface area contributed by atoms with Crippen molar-refractivity contribution in [1.82, 2.24) is 9.97 Å². The SMILES string of the molecule is NC(=O)C1=CC=CC(Nc2ccnc3ccc(F)cc23)(c2cccc(Oc3ccncc3)c2)C1. The monoisotopic (exact) mass is 452 g/mol. The molecule has 0 fully saturated rings. The minimum absolute atomic E-state index is 0.302. The standard InChI is InChI=1S/C27H21FN4O2/c28-20-6-7-24-23(16-20)25(10-14-31-24)32-27(11-2-3-18(17-27)26(29)33)19-4-1-5-22(15-19)34-21-8-12-30-13-9-21/h1-16H,17H2,(H2,29,33)(H,31,32). The summed E-state index contributed by atoms with van der Waals surface area (Å²) in [7, 11) is 0. The number of hydrogen-bond donors (Lipinski definition) is 2. The highest BCUT2D eigenvalue weighted by atomic mass is 19.1. The number of aromatic nitrogens is 2. The fraction of sp³-hybridized carbons (Fsp3) is 0.0741. The topological polar surface area (TPSA) is 90.1 Å². The summed E-state index contributed by atoms with van der Waals surface area (Å²) in [6.45, 7) is 0. The summed E-state index contributed by atoms with van der Waals surface area (Å²) in [4.78, 5) is 20.4. The molecule has 1 atom stereocenters. The molecular formula is C27H21FN4O2. The van der Waals surface area contributed by atoms with Crippen molar-refractivity contribution < 1.29 is 13.9 Å². The summed E-state index contributed by atoms with van der Waals surface area (Å²) in [6, 6.07) is 17.4. The van der Waals surface area contributed by atoms with Gasteiger partial charge in [-0.15, -0.1) is 0 Å². The van der Waals surface area contributed by atoms with E-state index in [1.807, 2.05) is 30.3 Å². The van der Waals surface area contributed by atoms with Gasteiger partial charge in [-0.25, -0.2) is 4.39 Å². The molecule has 3 N–H and O–H groups in total. The van der Waals surface area contributed by atoms with Gasteiger partial charge in [0.1, 0.15) is 17.3 Å². The first-order chi connectivity index (χ1) is 16.5. The summed E-state index contributed by atoms with van der Waals surface area (Å²) in [5, 5.41) is 4.18. The Balaban J connectivity index is 1.59. The fourth-order valence-corrected chi connectivity index (χ4v) is 4.12. The fourth-order valence-electron chi connectivity index (χ4n) is 4.12. The quantitative estimate of drug-likeness (QED) is 0.418. The lowest BCUT2D eigenvalue weighted by atomic mass is 9.80. The van der Waals surface area contributed by atoms with Gasteiger partial charge >= 0.3 is 0 Å². The zero-order valence-corrected chi connectivity index (χ0v) is 18.1. The van der Waals surface area contributed by atoms with Gasteiger partial charge in [-0.2, -0.15) is 0 Å². The second-order valence-corrected chi connectivity index (χ2v) is 8.02. The molecule has 0 radical (unpaired) electrons. The van der Waals surface area contributed by atoms with Gasteiger partial charge in [0.2, 0.25) is 5.91 Å². The number of primary amides is 1. The molecule has 5 rings (SSSR count). The second-order valence-electron chi connectivity index (χ2n) is 8.02. The van der Waals surface area contributed by atoms with Gasteiger partial charge in [0.05, 0.1) is 11.1 Å². The average Bonchev–Trinajstić information content (AvgIpc) is 2.85. The van der Waals surface area contributed by atoms with Crippen molar-refractivity contribution in [2.45, 2.75) is 12.0 Å². The van der Waals surface area contributed by atoms with Gasteiger partial charge < -0.3 is 15.8 Å². The molecule has 1 aliphatic rings. The first-order valence-corrected chi connectivity index (χ1v) is 10.7. The molecule has 0 saturated heterocycles. The van der Waals surface area contributed by atoms with Crippen molar-refractivity contribution in [2.75, 3.05) is 5.32 Å². The van der Waals surface area contributed by atoms with Gasteiger partial charge in [-0.3, -0.25) is 14.8 Å². The highest BCUT2D eigenvalue weighted by molar-refractivity contribution is 5.94. The van der Waals surface area contributed by atoms with Gasteiger partial charge in [0.25, 0.3) is 0 Å². The van der Waals surface area contributed by atoms with E-state index in [9.17, 15) is 9.18 Å². The lowest BCUT2D eigenvalue weighted by Gasteiger charge is -2.36. The van der Waals surface area contributed by atoms with Crippen molar-refractivity contribution in [3.8, 4) is 11.5 Å². The van der Waals surface area contributed by atoms with Crippen LogP contribution in [-0.2, 0) is 10.3 Å². The van der Waals surface area contributed by atoms with Crippen LogP contribution in [-0.4, -0.2) is 15.9 Å². The van der Waals surface area contributed by atoms with Crippen molar-refractivity contribution in [3.05, 3.63) is 114 Å². The third-order valence-electron chi connectivity index (χ3n) is 5.76. The molecule has 1 aliphatic carbocycles. The van der Waals surface area contributed by atoms with E-state index >= 15 is 0 Å². The normalized spacial score (nSPS) is 17.3. The van der Waals surface area contributed by atoms with E-state index < -0.39 is 11.4 Å². The van der Waals surface area contributed by atoms with Crippen LogP contribution in [0.3, 0.4) is 0 Å². The van der Waals surface area contributed by atoms with Crippen molar-refractivity contribution >= 4 is 22.5 Å². The minimum Gasteiger partial charge on any atom is -0.457 e. The summed E-state index contributed by atoms with van der Waals surface area (Å²) in [5.41, 5.74) is 7.47. The van der Waals surface area contributed by atoms with Gasteiger partial charge in [-0.05, 0) is 54.1 Å². The van der Waals surface area contributed by atoms with E-state index in [0.717, 1.165) is 5.56 Å². The Morgan fingerprint density at radius 2 is 1.88 bits per heavy atom. The summed E-state index contributed by atoms with van der Waals surface area (Å²) in [5.74, 6) is 0.424. The molecule has 34 heavy (non-hydrogen) atoms. The van der Waals surface area contributed by atoms with E-state index in [1.54, 1.807) is 55.0 Å². The Labute approximate surface area is 195 Å². The molecule has 2 aromatic heterocycles. The molecule has 168 valence electrons. The number of nitrogens with zero attached hydrogens (tertiary/aromatic N) is 2. The number of allylic oxidation sites excluding steroid dienone is 2. The Kier molecular flexibility index (Phi) is 5.51. The van der Waals surface area contributed by atoms with E-state index in [0.29, 0.717) is 40.1 Å². The number of carbonyl (C=O) groups is 1. The largest absolute Gasteiger partial charge is 0.457 e. The maximum absolute atomic E-state index is 14.1. The number of rotatable bonds is 6. The number of fused-ring (bicyclic) bond motifs is 1. The van der Waals surface area contributed by atoms with Crippen LogP contribution in [0.5, 0.6) is 11.5 Å². The molecule has 0 spiro atoms. The van der Waals surface area contributed by atoms with Crippen LogP contribution in [0.25, 0.3) is 10.9 Å². The maximum atomic E-state index is 14.1. The van der Waals surface area contributed by atoms with Crippen LogP contribution in [0, 0.1) is 5.82 Å². The van der Waals surface area contributed by atoms with Crippen LogP contribution in [0.4, 0.5) is 10.1 Å². The molecule has 0 bridgehead atoms. The number of hydrogen-bond acceptors (Lipinski definition) is 5. The molecule has 0 aliphatic heterocycles. The van der Waals surface area contributed by atoms with Crippen molar-refractivity contribution in [3.63, 3.8) is 0 Å². The maximum Gasteiger partial charge on any atom is 0.244 e. The number of amides is 1. The number of halogens is 1. The van der Waals surface area contributed by atoms with Crippen LogP contribution in [0.2, 0.25) is 0 Å². The number of carbonyl (C=O) groups excluding carboxylic acids is 1. The Morgan fingerprint density at radius 3 is 2.71 bits per heavy atom. The highest BCUT2D eigenvalue weighted by Gasteiger charge is 2.34. The van der Waals surface area contributed by atoms with Crippen LogP contribution in [0.1, 0.15) is 12.0 Å². The van der Waals surface area contributed by atoms with Gasteiger partial charge in [0.15, 0.2) is 0 Å². The first-order valence-electron chi connectivity index (χ1n) is 10.7. The van der Waals surface area contributed by atoms with E-state index in [-0.39, 0.29) is 5.82 Å². The van der Waals surface area contributed by atoms with Gasteiger partial charge in [-0.1, -0.05) is 30.4 Å². The molecule has 1 unspecified atom stereocenters. The first kappa shape index (κ1) is 21.3. The predicted octanol–water partition coefficient (Wildman–Crippen LogP) is 5.24. The second kappa shape index (κ2) is 8.78. The average molecular weight is 452 g/mol. The Bertz CT molecular complexity index is 1440. The highest BCUT2D eigenvalue weighted by Crippen LogP contribution is 2.40. The van der Waals surface area contributed by atoms with Gasteiger partial charge in [0, 0.05) is 41.7 Å². The third kappa shape index (κ3) is 4.23. The van der Waals surface area contributed by atoms with Crippen LogP contribution >= 0.6 is 0 Å². The Morgan fingerprint density at radius 1 is 1.03 bits per heavy atom. The molecule has 2 aromatic carbocycles. The van der Waals surface area contributed by atoms with Crippen LogP contribution < -0.4 is 15.8 Å². The van der Waals surface area contributed by atoms with E-state index in [2.05, 4.69) is 15.3 Å². The predicted molar refractivity (Wildman–Crippen MR) is 129 cm³/mol.